The standard InChI is InChI=1S/C9H19N3O2S/c1-4-9(7-8-10)11-15(13,14)12(5-2)6-3/h9,11H,4-7H2,1-3H3. The highest BCUT2D eigenvalue weighted by atomic mass is 32.2. The van der Waals surface area contributed by atoms with Crippen LogP contribution in [0.5, 0.6) is 0 Å². The van der Waals surface area contributed by atoms with Gasteiger partial charge in [-0.3, -0.25) is 0 Å². The van der Waals surface area contributed by atoms with Gasteiger partial charge >= 0.3 is 0 Å². The van der Waals surface area contributed by atoms with E-state index in [0.29, 0.717) is 19.5 Å². The smallest absolute Gasteiger partial charge is 0.198 e. The average molecular weight is 233 g/mol. The molecule has 0 bridgehead atoms. The van der Waals surface area contributed by atoms with E-state index in [2.05, 4.69) is 4.72 Å². The summed E-state index contributed by atoms with van der Waals surface area (Å²) in [5, 5.41) is 8.52. The molecule has 6 heteroatoms. The topological polar surface area (TPSA) is 73.2 Å². The lowest BCUT2D eigenvalue weighted by Gasteiger charge is -2.22. The van der Waals surface area contributed by atoms with Gasteiger partial charge in [0.25, 0.3) is 10.2 Å². The van der Waals surface area contributed by atoms with Crippen LogP contribution in [0.1, 0.15) is 33.6 Å². The van der Waals surface area contributed by atoms with Crippen LogP contribution in [0, 0.1) is 11.3 Å². The number of nitrogens with one attached hydrogen (secondary N) is 1. The van der Waals surface area contributed by atoms with Crippen LogP contribution in [0.3, 0.4) is 0 Å². The first-order valence-corrected chi connectivity index (χ1v) is 6.60. The molecule has 1 unspecified atom stereocenters. The molecule has 0 aromatic heterocycles. The Morgan fingerprint density at radius 2 is 1.87 bits per heavy atom. The maximum atomic E-state index is 11.7. The van der Waals surface area contributed by atoms with Crippen LogP contribution in [0.4, 0.5) is 0 Å². The molecular formula is C9H19N3O2S. The first kappa shape index (κ1) is 14.4. The second-order valence-electron chi connectivity index (χ2n) is 3.17. The molecule has 0 fully saturated rings. The summed E-state index contributed by atoms with van der Waals surface area (Å²) in [4.78, 5) is 0. The fraction of sp³-hybridized carbons (Fsp3) is 0.889. The number of nitriles is 1. The van der Waals surface area contributed by atoms with Crippen molar-refractivity contribution >= 4 is 10.2 Å². The number of rotatable bonds is 7. The molecule has 0 heterocycles. The molecule has 1 N–H and O–H groups in total. The van der Waals surface area contributed by atoms with Gasteiger partial charge < -0.3 is 0 Å². The first-order valence-electron chi connectivity index (χ1n) is 5.16. The molecule has 0 aliphatic rings. The van der Waals surface area contributed by atoms with Gasteiger partial charge in [0.05, 0.1) is 12.5 Å². The predicted octanol–water partition coefficient (Wildman–Crippen LogP) is 0.855. The molecule has 5 nitrogen and oxygen atoms in total. The van der Waals surface area contributed by atoms with Gasteiger partial charge in [-0.1, -0.05) is 20.8 Å². The van der Waals surface area contributed by atoms with Gasteiger partial charge in [0.2, 0.25) is 0 Å². The second kappa shape index (κ2) is 6.77. The minimum Gasteiger partial charge on any atom is -0.198 e. The van der Waals surface area contributed by atoms with Crippen molar-refractivity contribution in [3.63, 3.8) is 0 Å². The van der Waals surface area contributed by atoms with Gasteiger partial charge in [-0.25, -0.2) is 0 Å². The van der Waals surface area contributed by atoms with Crippen LogP contribution < -0.4 is 4.72 Å². The maximum absolute atomic E-state index is 11.7. The predicted molar refractivity (Wildman–Crippen MR) is 59.3 cm³/mol. The summed E-state index contributed by atoms with van der Waals surface area (Å²) in [6, 6.07) is 1.68. The number of hydrogen-bond donors (Lipinski definition) is 1. The average Bonchev–Trinajstić information content (AvgIpc) is 2.18. The fourth-order valence-electron chi connectivity index (χ4n) is 1.23. The maximum Gasteiger partial charge on any atom is 0.279 e. The molecule has 0 amide bonds. The van der Waals surface area contributed by atoms with Crippen molar-refractivity contribution in [2.75, 3.05) is 13.1 Å². The van der Waals surface area contributed by atoms with Crippen molar-refractivity contribution in [3.8, 4) is 6.07 Å². The van der Waals surface area contributed by atoms with Gasteiger partial charge in [-0.05, 0) is 6.42 Å². The van der Waals surface area contributed by atoms with Crippen LogP contribution in [0.15, 0.2) is 0 Å². The van der Waals surface area contributed by atoms with E-state index in [0.717, 1.165) is 0 Å². The van der Waals surface area contributed by atoms with Crippen molar-refractivity contribution in [3.05, 3.63) is 0 Å². The van der Waals surface area contributed by atoms with Crippen LogP contribution in [-0.2, 0) is 10.2 Å². The SMILES string of the molecule is CCC(CC#N)NS(=O)(=O)N(CC)CC. The highest BCUT2D eigenvalue weighted by Crippen LogP contribution is 2.03. The summed E-state index contributed by atoms with van der Waals surface area (Å²) in [6.45, 7) is 6.30. The summed E-state index contributed by atoms with van der Waals surface area (Å²) in [5.41, 5.74) is 0. The van der Waals surface area contributed by atoms with Crippen molar-refractivity contribution in [1.29, 1.82) is 5.26 Å². The zero-order valence-electron chi connectivity index (χ0n) is 9.52. The highest BCUT2D eigenvalue weighted by molar-refractivity contribution is 7.87. The van der Waals surface area contributed by atoms with Crippen LogP contribution in [0.25, 0.3) is 0 Å². The number of nitrogens with zero attached hydrogens (tertiary/aromatic N) is 2. The molecule has 88 valence electrons. The van der Waals surface area contributed by atoms with Crippen LogP contribution >= 0.6 is 0 Å². The van der Waals surface area contributed by atoms with E-state index in [1.165, 1.54) is 4.31 Å². The third-order valence-electron chi connectivity index (χ3n) is 2.19. The monoisotopic (exact) mass is 233 g/mol. The van der Waals surface area contributed by atoms with Gasteiger partial charge in [0.15, 0.2) is 0 Å². The van der Waals surface area contributed by atoms with Crippen LogP contribution in [0.2, 0.25) is 0 Å². The Morgan fingerprint density at radius 1 is 1.33 bits per heavy atom. The molecule has 0 spiro atoms. The quantitative estimate of drug-likeness (QED) is 0.708. The van der Waals surface area contributed by atoms with Crippen LogP contribution in [-0.4, -0.2) is 31.9 Å². The summed E-state index contributed by atoms with van der Waals surface area (Å²) in [7, 11) is -3.42. The van der Waals surface area contributed by atoms with E-state index in [-0.39, 0.29) is 12.5 Å². The van der Waals surface area contributed by atoms with Gasteiger partial charge in [0.1, 0.15) is 0 Å². The molecule has 1 atom stereocenters. The van der Waals surface area contributed by atoms with Crippen molar-refractivity contribution in [2.45, 2.75) is 39.7 Å². The minimum atomic E-state index is -3.42. The molecule has 15 heavy (non-hydrogen) atoms. The van der Waals surface area contributed by atoms with Gasteiger partial charge in [0, 0.05) is 19.1 Å². The Bertz CT molecular complexity index is 304. The molecule has 0 aliphatic carbocycles. The third kappa shape index (κ3) is 4.60. The Morgan fingerprint density at radius 3 is 2.20 bits per heavy atom. The summed E-state index contributed by atoms with van der Waals surface area (Å²) in [6.07, 6.45) is 0.824. The fourth-order valence-corrected chi connectivity index (χ4v) is 2.73. The second-order valence-corrected chi connectivity index (χ2v) is 4.88. The zero-order chi connectivity index (χ0) is 11.9. The van der Waals surface area contributed by atoms with Gasteiger partial charge in [-0.15, -0.1) is 0 Å². The van der Waals surface area contributed by atoms with Crippen molar-refractivity contribution < 1.29 is 8.42 Å². The molecule has 0 rings (SSSR count). The Hall–Kier alpha value is -0.640. The van der Waals surface area contributed by atoms with E-state index >= 15 is 0 Å². The van der Waals surface area contributed by atoms with E-state index in [4.69, 9.17) is 5.26 Å². The third-order valence-corrected chi connectivity index (χ3v) is 4.02. The summed E-state index contributed by atoms with van der Waals surface area (Å²) >= 11 is 0. The molecule has 0 aliphatic heterocycles. The lowest BCUT2D eigenvalue weighted by molar-refractivity contribution is 0.423. The molecule has 0 saturated carbocycles. The summed E-state index contributed by atoms with van der Waals surface area (Å²) < 4.78 is 27.3. The van der Waals surface area contributed by atoms with E-state index in [9.17, 15) is 8.42 Å². The van der Waals surface area contributed by atoms with E-state index in [1.54, 1.807) is 13.8 Å². The zero-order valence-corrected chi connectivity index (χ0v) is 10.3. The normalized spacial score (nSPS) is 13.8. The molecule has 0 aromatic rings. The summed E-state index contributed by atoms with van der Waals surface area (Å²) in [5.74, 6) is 0. The Kier molecular flexibility index (Phi) is 6.48. The van der Waals surface area contributed by atoms with Crippen molar-refractivity contribution in [1.82, 2.24) is 9.03 Å². The molecule has 0 saturated heterocycles. The largest absolute Gasteiger partial charge is 0.279 e. The lowest BCUT2D eigenvalue weighted by atomic mass is 10.2. The molecule has 0 aromatic carbocycles. The van der Waals surface area contributed by atoms with Gasteiger partial charge in [-0.2, -0.15) is 22.7 Å². The Balaban J connectivity index is 4.54. The molecular weight excluding hydrogens is 214 g/mol. The Labute approximate surface area is 92.3 Å². The van der Waals surface area contributed by atoms with Crippen molar-refractivity contribution in [2.24, 2.45) is 0 Å². The highest BCUT2D eigenvalue weighted by Gasteiger charge is 2.21. The van der Waals surface area contributed by atoms with E-state index < -0.39 is 10.2 Å². The lowest BCUT2D eigenvalue weighted by Crippen LogP contribution is -2.45. The van der Waals surface area contributed by atoms with E-state index in [1.807, 2.05) is 13.0 Å². The number of hydrogen-bond acceptors (Lipinski definition) is 3. The molecule has 0 radical (unpaired) electrons. The minimum absolute atomic E-state index is 0.205. The first-order chi connectivity index (χ1) is 7.01.